The average Bonchev–Trinajstić information content (AvgIpc) is 2.38. The van der Waals surface area contributed by atoms with Crippen molar-refractivity contribution in [3.8, 4) is 0 Å². The van der Waals surface area contributed by atoms with Crippen molar-refractivity contribution in [2.24, 2.45) is 5.92 Å². The second-order valence-corrected chi connectivity index (χ2v) is 4.95. The maximum Gasteiger partial charge on any atom is 0.102 e. The van der Waals surface area contributed by atoms with Gasteiger partial charge in [-0.1, -0.05) is 13.8 Å². The van der Waals surface area contributed by atoms with Crippen LogP contribution in [-0.4, -0.2) is 23.4 Å². The Balaban J connectivity index is 2.39. The van der Waals surface area contributed by atoms with Crippen LogP contribution in [0.5, 0.6) is 0 Å². The topological polar surface area (TPSA) is 18.5 Å². The van der Waals surface area contributed by atoms with Gasteiger partial charge in [0.1, 0.15) is 5.60 Å². The van der Waals surface area contributed by atoms with Crippen LogP contribution in [0.3, 0.4) is 0 Å². The van der Waals surface area contributed by atoms with Crippen molar-refractivity contribution in [3.05, 3.63) is 0 Å². The summed E-state index contributed by atoms with van der Waals surface area (Å²) in [4.78, 5) is 0. The molecule has 4 unspecified atom stereocenters. The van der Waals surface area contributed by atoms with Crippen LogP contribution < -0.4 is 0 Å². The third kappa shape index (κ3) is 0.909. The van der Waals surface area contributed by atoms with E-state index in [-0.39, 0.29) is 17.3 Å². The SMILES string of the molecule is CCC12OC(C)C(OC1(C)C)C2C. The maximum atomic E-state index is 6.10. The van der Waals surface area contributed by atoms with Gasteiger partial charge in [0.2, 0.25) is 0 Å². The number of hydrogen-bond donors (Lipinski definition) is 0. The van der Waals surface area contributed by atoms with Gasteiger partial charge in [0.15, 0.2) is 0 Å². The van der Waals surface area contributed by atoms with Gasteiger partial charge in [-0.3, -0.25) is 0 Å². The van der Waals surface area contributed by atoms with Crippen molar-refractivity contribution < 1.29 is 9.47 Å². The summed E-state index contributed by atoms with van der Waals surface area (Å²) in [7, 11) is 0. The molecule has 0 N–H and O–H groups in total. The Bertz CT molecular complexity index is 224. The number of hydrogen-bond acceptors (Lipinski definition) is 2. The molecule has 2 bridgehead atoms. The molecular weight excluding hydrogens is 164 g/mol. The van der Waals surface area contributed by atoms with E-state index < -0.39 is 0 Å². The normalized spacial score (nSPS) is 52.8. The summed E-state index contributed by atoms with van der Waals surface area (Å²) in [5.74, 6) is 0.530. The van der Waals surface area contributed by atoms with Crippen molar-refractivity contribution in [1.29, 1.82) is 0 Å². The maximum absolute atomic E-state index is 6.10. The lowest BCUT2D eigenvalue weighted by molar-refractivity contribution is -0.222. The summed E-state index contributed by atoms with van der Waals surface area (Å²) in [5, 5.41) is 0. The van der Waals surface area contributed by atoms with Crippen molar-refractivity contribution in [1.82, 2.24) is 0 Å². The van der Waals surface area contributed by atoms with Gasteiger partial charge in [0.05, 0.1) is 17.8 Å². The van der Waals surface area contributed by atoms with Gasteiger partial charge in [-0.05, 0) is 27.2 Å². The minimum absolute atomic E-state index is 0.0446. The van der Waals surface area contributed by atoms with Crippen LogP contribution in [0, 0.1) is 5.92 Å². The zero-order chi connectivity index (χ0) is 9.85. The average molecular weight is 184 g/mol. The molecule has 2 fully saturated rings. The Morgan fingerprint density at radius 3 is 2.08 bits per heavy atom. The predicted molar refractivity (Wildman–Crippen MR) is 51.7 cm³/mol. The number of rotatable bonds is 1. The van der Waals surface area contributed by atoms with Crippen LogP contribution >= 0.6 is 0 Å². The summed E-state index contributed by atoms with van der Waals surface area (Å²) in [6.45, 7) is 10.9. The lowest BCUT2D eigenvalue weighted by atomic mass is 9.77. The zero-order valence-electron chi connectivity index (χ0n) is 9.26. The molecule has 0 amide bonds. The van der Waals surface area contributed by atoms with Crippen LogP contribution in [0.15, 0.2) is 0 Å². The molecular formula is C11H20O2. The number of fused-ring (bicyclic) bond motifs is 2. The molecule has 2 rings (SSSR count). The van der Waals surface area contributed by atoms with Gasteiger partial charge in [0, 0.05) is 5.92 Å². The molecule has 0 saturated carbocycles. The van der Waals surface area contributed by atoms with E-state index in [1.54, 1.807) is 0 Å². The Morgan fingerprint density at radius 2 is 1.77 bits per heavy atom. The first-order valence-electron chi connectivity index (χ1n) is 5.30. The Hall–Kier alpha value is -0.0800. The first kappa shape index (κ1) is 9.47. The molecule has 0 aliphatic carbocycles. The highest BCUT2D eigenvalue weighted by molar-refractivity contribution is 5.13. The molecule has 0 aromatic heterocycles. The predicted octanol–water partition coefficient (Wildman–Crippen LogP) is 2.37. The third-order valence-electron chi connectivity index (χ3n) is 4.06. The van der Waals surface area contributed by atoms with Gasteiger partial charge in [-0.15, -0.1) is 0 Å². The lowest BCUT2D eigenvalue weighted by Gasteiger charge is -2.43. The van der Waals surface area contributed by atoms with E-state index in [0.29, 0.717) is 12.0 Å². The zero-order valence-corrected chi connectivity index (χ0v) is 9.26. The summed E-state index contributed by atoms with van der Waals surface area (Å²) < 4.78 is 12.1. The van der Waals surface area contributed by atoms with Crippen molar-refractivity contribution >= 4 is 0 Å². The molecule has 2 heteroatoms. The molecule has 76 valence electrons. The molecule has 13 heavy (non-hydrogen) atoms. The minimum atomic E-state index is -0.113. The second-order valence-electron chi connectivity index (χ2n) is 4.95. The van der Waals surface area contributed by atoms with E-state index >= 15 is 0 Å². The Kier molecular flexibility index (Phi) is 1.81. The van der Waals surface area contributed by atoms with Crippen molar-refractivity contribution in [3.63, 3.8) is 0 Å². The van der Waals surface area contributed by atoms with Crippen molar-refractivity contribution in [2.45, 2.75) is 64.4 Å². The summed E-state index contributed by atoms with van der Waals surface area (Å²) in [6.07, 6.45) is 1.61. The highest BCUT2D eigenvalue weighted by Crippen LogP contribution is 2.55. The second kappa shape index (κ2) is 2.48. The van der Waals surface area contributed by atoms with Crippen LogP contribution in [0.25, 0.3) is 0 Å². The van der Waals surface area contributed by atoms with Crippen LogP contribution in [0.4, 0.5) is 0 Å². The molecule has 2 saturated heterocycles. The highest BCUT2D eigenvalue weighted by atomic mass is 16.6. The monoisotopic (exact) mass is 184 g/mol. The molecule has 0 aromatic carbocycles. The van der Waals surface area contributed by atoms with E-state index in [9.17, 15) is 0 Å². The highest BCUT2D eigenvalue weighted by Gasteiger charge is 2.66. The molecule has 2 aliphatic rings. The molecule has 0 aromatic rings. The van der Waals surface area contributed by atoms with Gasteiger partial charge in [-0.25, -0.2) is 0 Å². The van der Waals surface area contributed by atoms with Crippen LogP contribution in [0.2, 0.25) is 0 Å². The molecule has 0 spiro atoms. The van der Waals surface area contributed by atoms with Gasteiger partial charge in [0.25, 0.3) is 0 Å². The number of ether oxygens (including phenoxy) is 2. The summed E-state index contributed by atoms with van der Waals surface area (Å²) >= 11 is 0. The minimum Gasteiger partial charge on any atom is -0.366 e. The molecule has 4 atom stereocenters. The van der Waals surface area contributed by atoms with Gasteiger partial charge < -0.3 is 9.47 Å². The molecule has 2 heterocycles. The lowest BCUT2D eigenvalue weighted by Crippen LogP contribution is -2.52. The van der Waals surface area contributed by atoms with E-state index in [1.165, 1.54) is 0 Å². The quantitative estimate of drug-likeness (QED) is 0.623. The largest absolute Gasteiger partial charge is 0.366 e. The van der Waals surface area contributed by atoms with E-state index in [2.05, 4.69) is 34.6 Å². The van der Waals surface area contributed by atoms with Crippen LogP contribution in [-0.2, 0) is 9.47 Å². The summed E-state index contributed by atoms with van der Waals surface area (Å²) in [5.41, 5.74) is -0.157. The Morgan fingerprint density at radius 1 is 1.15 bits per heavy atom. The van der Waals surface area contributed by atoms with E-state index in [1.807, 2.05) is 0 Å². The molecule has 0 radical (unpaired) electrons. The fourth-order valence-electron chi connectivity index (χ4n) is 3.34. The molecule has 2 aliphatic heterocycles. The Labute approximate surface area is 80.6 Å². The van der Waals surface area contributed by atoms with Crippen molar-refractivity contribution in [2.75, 3.05) is 0 Å². The molecule has 2 nitrogen and oxygen atoms in total. The first-order valence-corrected chi connectivity index (χ1v) is 5.30. The van der Waals surface area contributed by atoms with E-state index in [0.717, 1.165) is 6.42 Å². The summed E-state index contributed by atoms with van der Waals surface area (Å²) in [6, 6.07) is 0. The van der Waals surface area contributed by atoms with E-state index in [4.69, 9.17) is 9.47 Å². The fourth-order valence-corrected chi connectivity index (χ4v) is 3.34. The van der Waals surface area contributed by atoms with Gasteiger partial charge in [-0.2, -0.15) is 0 Å². The fraction of sp³-hybridized carbons (Fsp3) is 1.00. The van der Waals surface area contributed by atoms with Gasteiger partial charge >= 0.3 is 0 Å². The van der Waals surface area contributed by atoms with Crippen LogP contribution in [0.1, 0.15) is 41.0 Å². The third-order valence-corrected chi connectivity index (χ3v) is 4.06. The standard InChI is InChI=1S/C11H20O2/c1-6-11-7(2)9(8(3)12-11)13-10(11,4)5/h7-9H,6H2,1-5H3. The smallest absolute Gasteiger partial charge is 0.102 e. The first-order chi connectivity index (χ1) is 5.94.